The van der Waals surface area contributed by atoms with Gasteiger partial charge in [0.2, 0.25) is 0 Å². The highest BCUT2D eigenvalue weighted by atomic mass is 79.9. The number of rotatable bonds is 4. The number of halogens is 4. The second kappa shape index (κ2) is 6.38. The third-order valence-corrected chi connectivity index (χ3v) is 3.11. The largest absolute Gasteiger partial charge is 0.457 e. The van der Waals surface area contributed by atoms with E-state index in [0.29, 0.717) is 4.47 Å². The van der Waals surface area contributed by atoms with Gasteiger partial charge in [-0.25, -0.2) is 4.79 Å². The van der Waals surface area contributed by atoms with Crippen molar-refractivity contribution in [3.63, 3.8) is 0 Å². The minimum absolute atomic E-state index is 0.244. The zero-order valence-electron chi connectivity index (χ0n) is 10.7. The lowest BCUT2D eigenvalue weighted by molar-refractivity contribution is -0.247. The molecule has 0 spiro atoms. The lowest BCUT2D eigenvalue weighted by Gasteiger charge is -2.25. The fourth-order valence-electron chi connectivity index (χ4n) is 1.59. The Bertz CT molecular complexity index is 582. The molecule has 0 fully saturated rings. The number of esters is 1. The zero-order chi connectivity index (χ0) is 16.3. The number of benzene rings is 1. The van der Waals surface area contributed by atoms with Crippen LogP contribution in [0.15, 0.2) is 28.7 Å². The first-order valence-corrected chi connectivity index (χ1v) is 6.42. The first kappa shape index (κ1) is 17.4. The van der Waals surface area contributed by atoms with Crippen LogP contribution in [0.5, 0.6) is 0 Å². The second-order valence-corrected chi connectivity index (χ2v) is 4.80. The molecule has 1 aromatic carbocycles. The lowest BCUT2D eigenvalue weighted by Crippen LogP contribution is -2.53. The molecule has 1 aromatic rings. The van der Waals surface area contributed by atoms with Crippen LogP contribution in [0, 0.1) is 0 Å². The molecule has 0 aromatic heterocycles. The van der Waals surface area contributed by atoms with Crippen molar-refractivity contribution in [1.82, 2.24) is 0 Å². The van der Waals surface area contributed by atoms with Crippen molar-refractivity contribution < 1.29 is 32.6 Å². The van der Waals surface area contributed by atoms with E-state index in [1.54, 1.807) is 0 Å². The number of alkyl halides is 3. The van der Waals surface area contributed by atoms with Crippen LogP contribution >= 0.6 is 15.9 Å². The summed E-state index contributed by atoms with van der Waals surface area (Å²) >= 11 is 3.04. The van der Waals surface area contributed by atoms with Crippen LogP contribution in [-0.2, 0) is 15.1 Å². The predicted molar refractivity (Wildman–Crippen MR) is 69.4 cm³/mol. The van der Waals surface area contributed by atoms with E-state index in [9.17, 15) is 23.1 Å². The molecule has 0 saturated heterocycles. The van der Waals surface area contributed by atoms with Crippen molar-refractivity contribution in [2.45, 2.75) is 18.7 Å². The van der Waals surface area contributed by atoms with Crippen LogP contribution in [0.2, 0.25) is 0 Å². The van der Waals surface area contributed by atoms with Gasteiger partial charge in [-0.2, -0.15) is 18.0 Å². The van der Waals surface area contributed by atoms with Crippen molar-refractivity contribution in [3.05, 3.63) is 39.8 Å². The third kappa shape index (κ3) is 3.31. The average molecular weight is 367 g/mol. The summed E-state index contributed by atoms with van der Waals surface area (Å²) in [5.74, 6) is -1.57. The highest BCUT2D eigenvalue weighted by Crippen LogP contribution is 2.40. The maximum absolute atomic E-state index is 13.3. The fourth-order valence-corrected chi connectivity index (χ4v) is 1.85. The quantitative estimate of drug-likeness (QED) is 0.384. The fraction of sp³-hybridized carbons (Fsp3) is 0.333. The summed E-state index contributed by atoms with van der Waals surface area (Å²) in [6, 6.07) is 4.38. The van der Waals surface area contributed by atoms with Crippen molar-refractivity contribution in [2.75, 3.05) is 6.61 Å². The normalized spacial score (nSPS) is 14.0. The van der Waals surface area contributed by atoms with Gasteiger partial charge in [-0.05, 0) is 19.1 Å². The summed E-state index contributed by atoms with van der Waals surface area (Å²) in [4.78, 5) is 13.8. The molecule has 0 radical (unpaired) electrons. The molecule has 21 heavy (non-hydrogen) atoms. The molecule has 0 aliphatic rings. The van der Waals surface area contributed by atoms with E-state index < -0.39 is 29.0 Å². The molecule has 5 nitrogen and oxygen atoms in total. The van der Waals surface area contributed by atoms with Crippen molar-refractivity contribution in [2.24, 2.45) is 0 Å². The lowest BCUT2D eigenvalue weighted by atomic mass is 9.88. The van der Waals surface area contributed by atoms with Gasteiger partial charge in [0.25, 0.3) is 5.60 Å². The van der Waals surface area contributed by atoms with Gasteiger partial charge < -0.3 is 15.4 Å². The molecule has 1 rings (SSSR count). The van der Waals surface area contributed by atoms with Crippen LogP contribution in [-0.4, -0.2) is 34.4 Å². The highest BCUT2D eigenvalue weighted by molar-refractivity contribution is 9.10. The summed E-state index contributed by atoms with van der Waals surface area (Å²) in [5, 5.41) is 10.0. The maximum Gasteiger partial charge on any atom is 0.433 e. The molecule has 1 N–H and O–H groups in total. The summed E-state index contributed by atoms with van der Waals surface area (Å²) in [7, 11) is 0. The van der Waals surface area contributed by atoms with Crippen molar-refractivity contribution >= 4 is 27.6 Å². The molecule has 1 unspecified atom stereocenters. The van der Waals surface area contributed by atoms with E-state index in [2.05, 4.69) is 25.5 Å². The van der Waals surface area contributed by atoms with Gasteiger partial charge in [0, 0.05) is 10.0 Å². The number of aliphatic hydroxyl groups is 1. The Labute approximate surface area is 126 Å². The Morgan fingerprint density at radius 2 is 1.90 bits per heavy atom. The number of carbonyl (C=O) groups excluding carboxylic acids is 1. The van der Waals surface area contributed by atoms with Crippen LogP contribution in [0.1, 0.15) is 12.5 Å². The standard InChI is InChI=1S/C12H10BrF3N2O3/c1-2-21-10(19)9(18-17)11(20,12(14,15)16)7-3-5-8(13)6-4-7/h3-6,20H,2H2,1H3. The van der Waals surface area contributed by atoms with Gasteiger partial charge in [0.05, 0.1) is 6.61 Å². The molecule has 0 aliphatic carbocycles. The number of hydrogen-bond acceptors (Lipinski definition) is 3. The Kier molecular flexibility index (Phi) is 5.27. The smallest absolute Gasteiger partial charge is 0.433 e. The molecular weight excluding hydrogens is 357 g/mol. The van der Waals surface area contributed by atoms with E-state index in [1.807, 2.05) is 0 Å². The van der Waals surface area contributed by atoms with E-state index in [1.165, 1.54) is 19.1 Å². The molecule has 0 bridgehead atoms. The van der Waals surface area contributed by atoms with Gasteiger partial charge in [-0.15, -0.1) is 0 Å². The molecule has 0 heterocycles. The zero-order valence-corrected chi connectivity index (χ0v) is 12.3. The van der Waals surface area contributed by atoms with Gasteiger partial charge >= 0.3 is 17.9 Å². The average Bonchev–Trinajstić information content (AvgIpc) is 2.39. The summed E-state index contributed by atoms with van der Waals surface area (Å²) in [5.41, 5.74) is 2.74. The van der Waals surface area contributed by atoms with E-state index in [4.69, 9.17) is 5.53 Å². The molecule has 1 atom stereocenters. The van der Waals surface area contributed by atoms with Crippen LogP contribution in [0.3, 0.4) is 0 Å². The van der Waals surface area contributed by atoms with Crippen molar-refractivity contribution in [3.8, 4) is 0 Å². The number of ether oxygens (including phenoxy) is 1. The summed E-state index contributed by atoms with van der Waals surface area (Å²) < 4.78 is 44.7. The van der Waals surface area contributed by atoms with Gasteiger partial charge in [-0.1, -0.05) is 28.1 Å². The van der Waals surface area contributed by atoms with Gasteiger partial charge in [-0.3, -0.25) is 0 Å². The summed E-state index contributed by atoms with van der Waals surface area (Å²) in [6.07, 6.45) is -5.30. The highest BCUT2D eigenvalue weighted by Gasteiger charge is 2.66. The Hall–Kier alpha value is -1.70. The first-order chi connectivity index (χ1) is 9.68. The van der Waals surface area contributed by atoms with Gasteiger partial charge in [0.15, 0.2) is 0 Å². The maximum atomic E-state index is 13.3. The number of hydrogen-bond donors (Lipinski definition) is 1. The van der Waals surface area contributed by atoms with Crippen LogP contribution < -0.4 is 0 Å². The van der Waals surface area contributed by atoms with Crippen molar-refractivity contribution in [1.29, 1.82) is 0 Å². The van der Waals surface area contributed by atoms with E-state index in [-0.39, 0.29) is 6.61 Å². The predicted octanol–water partition coefficient (Wildman–Crippen LogP) is 2.43. The van der Waals surface area contributed by atoms with Gasteiger partial charge in [0.1, 0.15) is 0 Å². The van der Waals surface area contributed by atoms with Crippen LogP contribution in [0.25, 0.3) is 5.53 Å². The molecular formula is C12H10BrF3N2O3. The Balaban J connectivity index is 3.51. The number of nitrogens with zero attached hydrogens (tertiary/aromatic N) is 2. The first-order valence-electron chi connectivity index (χ1n) is 5.63. The molecule has 0 saturated carbocycles. The Morgan fingerprint density at radius 1 is 1.38 bits per heavy atom. The minimum Gasteiger partial charge on any atom is -0.457 e. The molecule has 0 amide bonds. The number of carbonyl (C=O) groups is 1. The van der Waals surface area contributed by atoms with E-state index in [0.717, 1.165) is 12.1 Å². The van der Waals surface area contributed by atoms with E-state index >= 15 is 0 Å². The van der Waals surface area contributed by atoms with Crippen LogP contribution in [0.4, 0.5) is 13.2 Å². The SMILES string of the molecule is CCOC(=O)C(=[N+]=[N-])C(O)(c1ccc(Br)cc1)C(F)(F)F. The monoisotopic (exact) mass is 366 g/mol. The molecule has 0 aliphatic heterocycles. The Morgan fingerprint density at radius 3 is 2.29 bits per heavy atom. The molecule has 114 valence electrons. The second-order valence-electron chi connectivity index (χ2n) is 3.88. The summed E-state index contributed by atoms with van der Waals surface area (Å²) in [6.45, 7) is 1.12. The molecule has 9 heteroatoms. The topological polar surface area (TPSA) is 82.9 Å². The third-order valence-electron chi connectivity index (χ3n) is 2.58. The minimum atomic E-state index is -5.30.